The second-order valence-electron chi connectivity index (χ2n) is 7.33. The van der Waals surface area contributed by atoms with Gasteiger partial charge >= 0.3 is 0 Å². The van der Waals surface area contributed by atoms with Gasteiger partial charge in [0.15, 0.2) is 0 Å². The highest BCUT2D eigenvalue weighted by atomic mass is 32.1. The van der Waals surface area contributed by atoms with E-state index in [-0.39, 0.29) is 12.1 Å². The highest BCUT2D eigenvalue weighted by Crippen LogP contribution is 2.41. The SMILES string of the molecule is Cc1c(C2=CC(c3sc4ccccc4c3C)N=CN2)sc(C2C=CNC=N2)c1C. The summed E-state index contributed by atoms with van der Waals surface area (Å²) >= 11 is 3.67. The summed E-state index contributed by atoms with van der Waals surface area (Å²) in [5.74, 6) is 0. The molecule has 2 unspecified atom stereocenters. The smallest absolute Gasteiger partial charge is 0.107 e. The number of hydrogen-bond acceptors (Lipinski definition) is 6. The van der Waals surface area contributed by atoms with Crippen molar-refractivity contribution in [3.63, 3.8) is 0 Å². The molecule has 0 fully saturated rings. The third-order valence-electron chi connectivity index (χ3n) is 5.61. The minimum Gasteiger partial charge on any atom is -0.353 e. The summed E-state index contributed by atoms with van der Waals surface area (Å²) in [5, 5.41) is 7.74. The number of aryl methyl sites for hydroxylation is 1. The lowest BCUT2D eigenvalue weighted by atomic mass is 10.0. The summed E-state index contributed by atoms with van der Waals surface area (Å²) in [6, 6.07) is 8.74. The standard InChI is InChI=1S/C23H22N4S2/c1-13-14(2)22(29-21(13)17-8-9-24-11-25-17)18-10-19(27-12-26-18)23-15(3)16-6-4-5-7-20(16)28-23/h4-12,17,19H,1-3H3,(H,24,25)(H,26,27). The summed E-state index contributed by atoms with van der Waals surface area (Å²) in [5.41, 5.74) is 5.10. The highest BCUT2D eigenvalue weighted by Gasteiger charge is 2.23. The molecule has 29 heavy (non-hydrogen) atoms. The van der Waals surface area contributed by atoms with Crippen molar-refractivity contribution in [3.8, 4) is 0 Å². The monoisotopic (exact) mass is 418 g/mol. The topological polar surface area (TPSA) is 48.8 Å². The number of nitrogens with one attached hydrogen (secondary N) is 2. The fraction of sp³-hybridized carbons (Fsp3) is 0.217. The quantitative estimate of drug-likeness (QED) is 0.566. The molecule has 0 spiro atoms. The summed E-state index contributed by atoms with van der Waals surface area (Å²) in [4.78, 5) is 13.2. The van der Waals surface area contributed by atoms with Crippen LogP contribution in [0, 0.1) is 20.8 Å². The van der Waals surface area contributed by atoms with Crippen LogP contribution < -0.4 is 10.6 Å². The van der Waals surface area contributed by atoms with Crippen molar-refractivity contribution in [2.45, 2.75) is 32.9 Å². The maximum Gasteiger partial charge on any atom is 0.107 e. The van der Waals surface area contributed by atoms with Crippen LogP contribution in [0.3, 0.4) is 0 Å². The molecule has 5 rings (SSSR count). The van der Waals surface area contributed by atoms with E-state index in [9.17, 15) is 0 Å². The minimum absolute atomic E-state index is 0.0469. The fourth-order valence-corrected chi connectivity index (χ4v) is 6.43. The van der Waals surface area contributed by atoms with Crippen molar-refractivity contribution in [2.24, 2.45) is 9.98 Å². The molecule has 0 saturated heterocycles. The predicted molar refractivity (Wildman–Crippen MR) is 126 cm³/mol. The van der Waals surface area contributed by atoms with E-state index in [1.807, 2.05) is 35.2 Å². The van der Waals surface area contributed by atoms with Crippen molar-refractivity contribution >= 4 is 51.1 Å². The third-order valence-corrected chi connectivity index (χ3v) is 8.45. The lowest BCUT2D eigenvalue weighted by molar-refractivity contribution is 0.895. The summed E-state index contributed by atoms with van der Waals surface area (Å²) in [6.07, 6.45) is 9.94. The molecule has 2 aromatic heterocycles. The molecule has 3 aromatic rings. The Kier molecular flexibility index (Phi) is 4.60. The Hall–Kier alpha value is -2.70. The molecule has 0 radical (unpaired) electrons. The molecule has 6 heteroatoms. The van der Waals surface area contributed by atoms with E-state index in [0.29, 0.717) is 0 Å². The number of benzene rings is 1. The zero-order chi connectivity index (χ0) is 20.0. The maximum absolute atomic E-state index is 4.74. The molecule has 4 heterocycles. The first-order valence-corrected chi connectivity index (χ1v) is 11.3. The van der Waals surface area contributed by atoms with Gasteiger partial charge < -0.3 is 10.6 Å². The average Bonchev–Trinajstić information content (AvgIpc) is 3.26. The summed E-state index contributed by atoms with van der Waals surface area (Å²) in [6.45, 7) is 6.60. The van der Waals surface area contributed by atoms with Gasteiger partial charge in [-0.25, -0.2) is 0 Å². The molecule has 2 aliphatic rings. The molecule has 2 atom stereocenters. The van der Waals surface area contributed by atoms with E-state index in [4.69, 9.17) is 4.99 Å². The van der Waals surface area contributed by atoms with Gasteiger partial charge in [0, 0.05) is 20.7 Å². The van der Waals surface area contributed by atoms with Crippen LogP contribution in [0.2, 0.25) is 0 Å². The minimum atomic E-state index is 0.0469. The molecular weight excluding hydrogens is 396 g/mol. The van der Waals surface area contributed by atoms with Gasteiger partial charge in [0.2, 0.25) is 0 Å². The molecule has 0 saturated carbocycles. The first kappa shape index (κ1) is 18.3. The van der Waals surface area contributed by atoms with Gasteiger partial charge in [0.05, 0.1) is 23.3 Å². The summed E-state index contributed by atoms with van der Waals surface area (Å²) in [7, 11) is 0. The van der Waals surface area contributed by atoms with Crippen LogP contribution in [0.5, 0.6) is 0 Å². The van der Waals surface area contributed by atoms with Crippen LogP contribution in [-0.4, -0.2) is 12.7 Å². The number of thiophene rings is 2. The van der Waals surface area contributed by atoms with E-state index in [1.165, 1.54) is 41.4 Å². The van der Waals surface area contributed by atoms with E-state index in [1.54, 1.807) is 6.34 Å². The molecule has 146 valence electrons. The molecule has 1 aromatic carbocycles. The molecule has 0 amide bonds. The Bertz CT molecular complexity index is 1200. The second kappa shape index (κ2) is 7.28. The zero-order valence-corrected chi connectivity index (χ0v) is 18.2. The van der Waals surface area contributed by atoms with Crippen LogP contribution in [0.25, 0.3) is 15.8 Å². The number of aliphatic imine (C=N–C) groups is 2. The number of hydrogen-bond donors (Lipinski definition) is 2. The van der Waals surface area contributed by atoms with Gasteiger partial charge in [0.1, 0.15) is 12.1 Å². The molecule has 0 aliphatic carbocycles. The van der Waals surface area contributed by atoms with Gasteiger partial charge in [-0.05, 0) is 61.1 Å². The van der Waals surface area contributed by atoms with Crippen LogP contribution in [0.15, 0.2) is 52.6 Å². The summed E-state index contributed by atoms with van der Waals surface area (Å²) < 4.78 is 1.32. The largest absolute Gasteiger partial charge is 0.353 e. The molecule has 0 bridgehead atoms. The van der Waals surface area contributed by atoms with Gasteiger partial charge in [-0.3, -0.25) is 9.98 Å². The normalized spacial score (nSPS) is 20.6. The molecule has 4 nitrogen and oxygen atoms in total. The van der Waals surface area contributed by atoms with E-state index in [2.05, 4.69) is 72.8 Å². The number of rotatable bonds is 3. The lowest BCUT2D eigenvalue weighted by Crippen LogP contribution is -2.15. The maximum atomic E-state index is 4.74. The van der Waals surface area contributed by atoms with E-state index < -0.39 is 0 Å². The van der Waals surface area contributed by atoms with Crippen molar-refractivity contribution in [2.75, 3.05) is 0 Å². The van der Waals surface area contributed by atoms with Crippen LogP contribution in [0.1, 0.15) is 43.4 Å². The van der Waals surface area contributed by atoms with Crippen LogP contribution in [0.4, 0.5) is 0 Å². The van der Waals surface area contributed by atoms with Crippen molar-refractivity contribution in [1.82, 2.24) is 10.6 Å². The van der Waals surface area contributed by atoms with E-state index >= 15 is 0 Å². The Morgan fingerprint density at radius 1 is 0.862 bits per heavy atom. The van der Waals surface area contributed by atoms with Gasteiger partial charge in [-0.2, -0.15) is 0 Å². The number of nitrogens with zero attached hydrogens (tertiary/aromatic N) is 2. The first-order chi connectivity index (χ1) is 14.1. The molecule has 2 N–H and O–H groups in total. The van der Waals surface area contributed by atoms with Crippen LogP contribution >= 0.6 is 22.7 Å². The van der Waals surface area contributed by atoms with Crippen molar-refractivity contribution < 1.29 is 0 Å². The fourth-order valence-electron chi connectivity index (χ4n) is 3.87. The van der Waals surface area contributed by atoms with E-state index in [0.717, 1.165) is 5.70 Å². The number of fused-ring (bicyclic) bond motifs is 1. The third kappa shape index (κ3) is 3.12. The predicted octanol–water partition coefficient (Wildman–Crippen LogP) is 5.79. The Labute approximate surface area is 178 Å². The second-order valence-corrected chi connectivity index (χ2v) is 9.47. The average molecular weight is 419 g/mol. The van der Waals surface area contributed by atoms with Gasteiger partial charge in [-0.1, -0.05) is 18.2 Å². The van der Waals surface area contributed by atoms with Gasteiger partial charge in [0.25, 0.3) is 0 Å². The van der Waals surface area contributed by atoms with Crippen molar-refractivity contribution in [3.05, 3.63) is 73.9 Å². The Morgan fingerprint density at radius 3 is 2.45 bits per heavy atom. The lowest BCUT2D eigenvalue weighted by Gasteiger charge is -2.17. The molecular formula is C23H22N4S2. The van der Waals surface area contributed by atoms with Gasteiger partial charge in [-0.15, -0.1) is 22.7 Å². The Morgan fingerprint density at radius 2 is 1.66 bits per heavy atom. The van der Waals surface area contributed by atoms with Crippen molar-refractivity contribution in [1.29, 1.82) is 0 Å². The molecule has 2 aliphatic heterocycles. The zero-order valence-electron chi connectivity index (χ0n) is 16.6. The Balaban J connectivity index is 1.54. The first-order valence-electron chi connectivity index (χ1n) is 9.66. The highest BCUT2D eigenvalue weighted by molar-refractivity contribution is 7.19. The van der Waals surface area contributed by atoms with Crippen LogP contribution in [-0.2, 0) is 0 Å².